The van der Waals surface area contributed by atoms with Crippen molar-refractivity contribution in [1.29, 1.82) is 0 Å². The zero-order valence-corrected chi connectivity index (χ0v) is 14.2. The van der Waals surface area contributed by atoms with E-state index in [1.165, 1.54) is 0 Å². The molecule has 2 aromatic heterocycles. The maximum absolute atomic E-state index is 12.5. The number of aryl methyl sites for hydroxylation is 1. The van der Waals surface area contributed by atoms with Gasteiger partial charge in [-0.15, -0.1) is 0 Å². The summed E-state index contributed by atoms with van der Waals surface area (Å²) in [5.41, 5.74) is 3.85. The first-order chi connectivity index (χ1) is 12.2. The van der Waals surface area contributed by atoms with Crippen molar-refractivity contribution in [3.8, 4) is 5.75 Å². The smallest absolute Gasteiger partial charge is 0.227 e. The van der Waals surface area contributed by atoms with Gasteiger partial charge in [-0.2, -0.15) is 4.57 Å². The van der Waals surface area contributed by atoms with Gasteiger partial charge < -0.3 is 9.72 Å². The number of rotatable bonds is 4. The minimum absolute atomic E-state index is 0.103. The zero-order chi connectivity index (χ0) is 17.4. The number of nitrogens with zero attached hydrogens (tertiary/aromatic N) is 1. The van der Waals surface area contributed by atoms with Crippen molar-refractivity contribution in [2.45, 2.75) is 13.5 Å². The number of carbonyl (C=O) groups is 1. The standard InChI is InChI=1S/C21H18N2O2/c1-14-21-18(17-9-8-16(25-2)12-19(17)22-21)10-11-23(14)13-20(24)15-6-4-3-5-7-15/h3-12H,13H2,1-2H3/p+1. The molecule has 0 aliphatic carbocycles. The predicted molar refractivity (Wildman–Crippen MR) is 98.1 cm³/mol. The number of benzene rings is 2. The summed E-state index contributed by atoms with van der Waals surface area (Å²) in [6, 6.07) is 17.5. The first-order valence-corrected chi connectivity index (χ1v) is 8.24. The van der Waals surface area contributed by atoms with Crippen molar-refractivity contribution >= 4 is 27.6 Å². The number of hydrogen-bond donors (Lipinski definition) is 1. The minimum atomic E-state index is 0.103. The highest BCUT2D eigenvalue weighted by molar-refractivity contribution is 6.07. The Morgan fingerprint density at radius 2 is 1.88 bits per heavy atom. The molecule has 0 atom stereocenters. The number of hydrogen-bond acceptors (Lipinski definition) is 2. The van der Waals surface area contributed by atoms with Gasteiger partial charge in [0.25, 0.3) is 0 Å². The number of Topliss-reactive ketones (excluding diaryl/α,β-unsaturated/α-hetero) is 1. The number of aromatic amines is 1. The number of pyridine rings is 1. The molecule has 4 heteroatoms. The number of methoxy groups -OCH3 is 1. The molecule has 124 valence electrons. The van der Waals surface area contributed by atoms with Gasteiger partial charge in [-0.05, 0) is 12.1 Å². The summed E-state index contributed by atoms with van der Waals surface area (Å²) < 4.78 is 7.29. The van der Waals surface area contributed by atoms with Gasteiger partial charge in [0.15, 0.2) is 6.20 Å². The summed E-state index contributed by atoms with van der Waals surface area (Å²) >= 11 is 0. The van der Waals surface area contributed by atoms with Gasteiger partial charge in [-0.3, -0.25) is 4.79 Å². The summed E-state index contributed by atoms with van der Waals surface area (Å²) in [5.74, 6) is 0.926. The normalized spacial score (nSPS) is 11.1. The molecule has 4 nitrogen and oxygen atoms in total. The monoisotopic (exact) mass is 331 g/mol. The molecular weight excluding hydrogens is 312 g/mol. The average molecular weight is 331 g/mol. The van der Waals surface area contributed by atoms with E-state index in [1.807, 2.05) is 60.2 Å². The van der Waals surface area contributed by atoms with Crippen LogP contribution in [0.5, 0.6) is 5.75 Å². The van der Waals surface area contributed by atoms with Crippen molar-refractivity contribution in [3.63, 3.8) is 0 Å². The van der Waals surface area contributed by atoms with Gasteiger partial charge in [0, 0.05) is 35.4 Å². The molecule has 0 radical (unpaired) electrons. The molecule has 0 aliphatic heterocycles. The van der Waals surface area contributed by atoms with Gasteiger partial charge >= 0.3 is 0 Å². The highest BCUT2D eigenvalue weighted by Gasteiger charge is 2.18. The SMILES string of the molecule is COc1ccc2c(c1)[nH]c1c(C)[n+](CC(=O)c3ccccc3)ccc12. The Hall–Kier alpha value is -3.14. The largest absolute Gasteiger partial charge is 0.497 e. The molecule has 2 heterocycles. The molecule has 0 spiro atoms. The molecule has 0 aliphatic rings. The Bertz CT molecular complexity index is 1080. The summed E-state index contributed by atoms with van der Waals surface area (Å²) in [4.78, 5) is 16.0. The van der Waals surface area contributed by atoms with E-state index in [2.05, 4.69) is 17.1 Å². The van der Waals surface area contributed by atoms with Crippen LogP contribution in [0.2, 0.25) is 0 Å². The minimum Gasteiger partial charge on any atom is -0.497 e. The lowest BCUT2D eigenvalue weighted by molar-refractivity contribution is -0.687. The summed E-state index contributed by atoms with van der Waals surface area (Å²) in [7, 11) is 1.66. The van der Waals surface area contributed by atoms with Crippen molar-refractivity contribution < 1.29 is 14.1 Å². The Morgan fingerprint density at radius 3 is 2.64 bits per heavy atom. The molecule has 25 heavy (non-hydrogen) atoms. The molecule has 0 bridgehead atoms. The molecule has 1 N–H and O–H groups in total. The van der Waals surface area contributed by atoms with E-state index in [0.29, 0.717) is 6.54 Å². The number of ketones is 1. The maximum Gasteiger partial charge on any atom is 0.227 e. The molecular formula is C21H19N2O2+. The van der Waals surface area contributed by atoms with Crippen molar-refractivity contribution in [2.75, 3.05) is 7.11 Å². The fraction of sp³-hybridized carbons (Fsp3) is 0.143. The van der Waals surface area contributed by atoms with E-state index in [1.54, 1.807) is 7.11 Å². The Kier molecular flexibility index (Phi) is 3.73. The van der Waals surface area contributed by atoms with Crippen molar-refractivity contribution in [1.82, 2.24) is 4.98 Å². The molecule has 4 rings (SSSR count). The van der Waals surface area contributed by atoms with Gasteiger partial charge in [-0.25, -0.2) is 0 Å². The van der Waals surface area contributed by atoms with E-state index in [-0.39, 0.29) is 5.78 Å². The predicted octanol–water partition coefficient (Wildman–Crippen LogP) is 3.81. The first kappa shape index (κ1) is 15.4. The third kappa shape index (κ3) is 2.66. The van der Waals surface area contributed by atoms with Crippen LogP contribution in [0.25, 0.3) is 21.8 Å². The number of nitrogens with one attached hydrogen (secondary N) is 1. The summed E-state index contributed by atoms with van der Waals surface area (Å²) in [6.07, 6.45) is 1.98. The van der Waals surface area contributed by atoms with Gasteiger partial charge in [0.1, 0.15) is 11.3 Å². The highest BCUT2D eigenvalue weighted by Crippen LogP contribution is 2.28. The van der Waals surface area contributed by atoms with Crippen LogP contribution in [0.1, 0.15) is 16.1 Å². The molecule has 2 aromatic carbocycles. The van der Waals surface area contributed by atoms with E-state index in [4.69, 9.17) is 4.74 Å². The molecule has 0 unspecified atom stereocenters. The summed E-state index contributed by atoms with van der Waals surface area (Å²) in [5, 5.41) is 2.30. The first-order valence-electron chi connectivity index (χ1n) is 8.24. The van der Waals surface area contributed by atoms with Gasteiger partial charge in [-0.1, -0.05) is 30.3 Å². The quantitative estimate of drug-likeness (QED) is 0.456. The van der Waals surface area contributed by atoms with Crippen LogP contribution in [-0.2, 0) is 6.54 Å². The molecule has 0 fully saturated rings. The molecule has 0 amide bonds. The number of H-pyrrole nitrogens is 1. The van der Waals surface area contributed by atoms with E-state index < -0.39 is 0 Å². The Balaban J connectivity index is 1.77. The lowest BCUT2D eigenvalue weighted by Crippen LogP contribution is -2.40. The topological polar surface area (TPSA) is 46.0 Å². The Morgan fingerprint density at radius 1 is 1.08 bits per heavy atom. The molecule has 0 saturated carbocycles. The average Bonchev–Trinajstić information content (AvgIpc) is 3.03. The van der Waals surface area contributed by atoms with Crippen LogP contribution in [0.3, 0.4) is 0 Å². The highest BCUT2D eigenvalue weighted by atomic mass is 16.5. The van der Waals surface area contributed by atoms with E-state index >= 15 is 0 Å². The van der Waals surface area contributed by atoms with E-state index in [0.717, 1.165) is 38.8 Å². The number of carbonyl (C=O) groups excluding carboxylic acids is 1. The number of ether oxygens (including phenoxy) is 1. The second-order valence-electron chi connectivity index (χ2n) is 6.14. The van der Waals surface area contributed by atoms with E-state index in [9.17, 15) is 4.79 Å². The number of aromatic nitrogens is 2. The van der Waals surface area contributed by atoms with Crippen molar-refractivity contribution in [2.24, 2.45) is 0 Å². The number of fused-ring (bicyclic) bond motifs is 3. The van der Waals surface area contributed by atoms with Crippen LogP contribution >= 0.6 is 0 Å². The van der Waals surface area contributed by atoms with Crippen molar-refractivity contribution in [3.05, 3.63) is 72.1 Å². The maximum atomic E-state index is 12.5. The lowest BCUT2D eigenvalue weighted by Gasteiger charge is -2.02. The second-order valence-corrected chi connectivity index (χ2v) is 6.14. The molecule has 4 aromatic rings. The third-order valence-electron chi connectivity index (χ3n) is 4.67. The van der Waals surface area contributed by atoms with Crippen LogP contribution in [0.4, 0.5) is 0 Å². The van der Waals surface area contributed by atoms with Gasteiger partial charge in [0.05, 0.1) is 12.6 Å². The summed E-state index contributed by atoms with van der Waals surface area (Å²) in [6.45, 7) is 2.36. The molecule has 0 saturated heterocycles. The zero-order valence-electron chi connectivity index (χ0n) is 14.2. The van der Waals surface area contributed by atoms with Crippen LogP contribution in [0.15, 0.2) is 60.8 Å². The Labute approximate surface area is 145 Å². The second kappa shape index (κ2) is 6.06. The van der Waals surface area contributed by atoms with Crippen LogP contribution in [-0.4, -0.2) is 17.9 Å². The third-order valence-corrected chi connectivity index (χ3v) is 4.67. The fourth-order valence-corrected chi connectivity index (χ4v) is 3.25. The lowest BCUT2D eigenvalue weighted by atomic mass is 10.1. The van der Waals surface area contributed by atoms with Gasteiger partial charge in [0.2, 0.25) is 18.0 Å². The fourth-order valence-electron chi connectivity index (χ4n) is 3.25. The van der Waals surface area contributed by atoms with Crippen LogP contribution < -0.4 is 9.30 Å². The van der Waals surface area contributed by atoms with Crippen LogP contribution in [0, 0.1) is 6.92 Å².